The zero-order valence-corrected chi connectivity index (χ0v) is 12.2. The summed E-state index contributed by atoms with van der Waals surface area (Å²) in [6.07, 6.45) is -0.620. The number of hydrogen-bond donors (Lipinski definition) is 1. The average Bonchev–Trinajstić information content (AvgIpc) is 2.07. The Morgan fingerprint density at radius 2 is 1.84 bits per heavy atom. The van der Waals surface area contributed by atoms with Gasteiger partial charge in [-0.05, 0) is 34.6 Å². The minimum atomic E-state index is -0.926. The molecule has 1 aliphatic rings. The number of aliphatic carboxylic acids is 1. The number of carbonyl (C=O) groups excluding carboxylic acids is 1. The van der Waals surface area contributed by atoms with Crippen LogP contribution in [0.2, 0.25) is 0 Å². The molecule has 0 bridgehead atoms. The number of likely N-dealkylation sites (tertiary alicyclic amines) is 1. The third-order valence-corrected chi connectivity index (χ3v) is 2.57. The van der Waals surface area contributed by atoms with Crippen LogP contribution in [0.15, 0.2) is 0 Å². The fourth-order valence-electron chi connectivity index (χ4n) is 2.11. The summed E-state index contributed by atoms with van der Waals surface area (Å²) in [4.78, 5) is 24.1. The van der Waals surface area contributed by atoms with Crippen LogP contribution in [0.25, 0.3) is 0 Å². The van der Waals surface area contributed by atoms with Gasteiger partial charge in [0.2, 0.25) is 0 Å². The lowest BCUT2D eigenvalue weighted by Crippen LogP contribution is -2.66. The van der Waals surface area contributed by atoms with Gasteiger partial charge in [-0.1, -0.05) is 0 Å². The third-order valence-electron chi connectivity index (χ3n) is 2.57. The van der Waals surface area contributed by atoms with Gasteiger partial charge in [-0.15, -0.1) is 0 Å². The quantitative estimate of drug-likeness (QED) is 0.846. The zero-order valence-electron chi connectivity index (χ0n) is 12.2. The van der Waals surface area contributed by atoms with Crippen molar-refractivity contribution in [3.05, 3.63) is 0 Å². The summed E-state index contributed by atoms with van der Waals surface area (Å²) in [7, 11) is 0. The fourth-order valence-corrected chi connectivity index (χ4v) is 2.11. The highest BCUT2D eigenvalue weighted by molar-refractivity contribution is 5.72. The molecule has 0 saturated carbocycles. The summed E-state index contributed by atoms with van der Waals surface area (Å²) in [5, 5.41) is 8.92. The number of ether oxygens (including phenoxy) is 2. The maximum absolute atomic E-state index is 11.8. The van der Waals surface area contributed by atoms with E-state index in [4.69, 9.17) is 14.6 Å². The van der Waals surface area contributed by atoms with Crippen LogP contribution in [-0.2, 0) is 14.3 Å². The van der Waals surface area contributed by atoms with Gasteiger partial charge < -0.3 is 19.5 Å². The lowest BCUT2D eigenvalue weighted by Gasteiger charge is -2.49. The topological polar surface area (TPSA) is 76.1 Å². The minimum Gasteiger partial charge on any atom is -0.481 e. The first-order valence-corrected chi connectivity index (χ1v) is 6.40. The predicted octanol–water partition coefficient (Wildman–Crippen LogP) is 1.88. The van der Waals surface area contributed by atoms with Gasteiger partial charge in [0.1, 0.15) is 11.2 Å². The Labute approximate surface area is 113 Å². The number of amides is 1. The molecule has 0 spiro atoms. The van der Waals surface area contributed by atoms with Gasteiger partial charge in [0, 0.05) is 0 Å². The van der Waals surface area contributed by atoms with E-state index < -0.39 is 23.3 Å². The second-order valence-electron chi connectivity index (χ2n) is 6.26. The van der Waals surface area contributed by atoms with Crippen LogP contribution in [0.1, 0.15) is 41.0 Å². The molecule has 0 aromatic heterocycles. The maximum Gasteiger partial charge on any atom is 0.410 e. The van der Waals surface area contributed by atoms with Crippen LogP contribution in [0, 0.1) is 0 Å². The van der Waals surface area contributed by atoms with Gasteiger partial charge in [-0.2, -0.15) is 0 Å². The molecular weight excluding hydrogens is 250 g/mol. The molecule has 1 saturated heterocycles. The van der Waals surface area contributed by atoms with Crippen molar-refractivity contribution in [2.45, 2.75) is 58.3 Å². The van der Waals surface area contributed by atoms with E-state index in [1.807, 2.05) is 13.8 Å². The highest BCUT2D eigenvalue weighted by atomic mass is 16.6. The Hall–Kier alpha value is -1.30. The largest absolute Gasteiger partial charge is 0.481 e. The molecule has 1 amide bonds. The maximum atomic E-state index is 11.8. The summed E-state index contributed by atoms with van der Waals surface area (Å²) in [5.74, 6) is -0.926. The number of carboxylic acid groups (broad SMARTS) is 1. The summed E-state index contributed by atoms with van der Waals surface area (Å²) >= 11 is 0. The van der Waals surface area contributed by atoms with Gasteiger partial charge in [0.25, 0.3) is 0 Å². The van der Waals surface area contributed by atoms with Crippen molar-refractivity contribution in [2.75, 3.05) is 13.1 Å². The van der Waals surface area contributed by atoms with E-state index in [0.29, 0.717) is 0 Å². The number of nitrogens with zero attached hydrogens (tertiary/aromatic N) is 1. The van der Waals surface area contributed by atoms with Crippen molar-refractivity contribution in [3.63, 3.8) is 0 Å². The van der Waals surface area contributed by atoms with E-state index in [1.54, 1.807) is 20.8 Å². The smallest absolute Gasteiger partial charge is 0.410 e. The predicted molar refractivity (Wildman–Crippen MR) is 69.0 cm³/mol. The fraction of sp³-hybridized carbons (Fsp3) is 0.846. The number of carboxylic acids is 1. The second kappa shape index (κ2) is 5.36. The first-order valence-electron chi connectivity index (χ1n) is 6.40. The Balaban J connectivity index is 2.59. The van der Waals surface area contributed by atoms with Crippen molar-refractivity contribution in [1.82, 2.24) is 4.90 Å². The molecule has 1 N–H and O–H groups in total. The van der Waals surface area contributed by atoms with Crippen LogP contribution in [-0.4, -0.2) is 52.5 Å². The van der Waals surface area contributed by atoms with Gasteiger partial charge in [-0.3, -0.25) is 4.79 Å². The van der Waals surface area contributed by atoms with Crippen LogP contribution in [0.5, 0.6) is 0 Å². The summed E-state index contributed by atoms with van der Waals surface area (Å²) in [6, 6.07) is 0. The molecule has 0 atom stereocenters. The van der Waals surface area contributed by atoms with Gasteiger partial charge in [0.05, 0.1) is 25.6 Å². The molecule has 6 nitrogen and oxygen atoms in total. The first-order chi connectivity index (χ1) is 8.53. The van der Waals surface area contributed by atoms with Crippen molar-refractivity contribution in [3.8, 4) is 0 Å². The summed E-state index contributed by atoms with van der Waals surface area (Å²) in [6.45, 7) is 9.58. The molecule has 1 heterocycles. The van der Waals surface area contributed by atoms with E-state index in [-0.39, 0.29) is 25.6 Å². The van der Waals surface area contributed by atoms with Crippen LogP contribution in [0.3, 0.4) is 0 Å². The molecule has 0 aromatic carbocycles. The lowest BCUT2D eigenvalue weighted by atomic mass is 9.90. The highest BCUT2D eigenvalue weighted by Gasteiger charge is 2.49. The molecular formula is C13H23NO5. The molecule has 110 valence electrons. The number of carbonyl (C=O) groups is 2. The summed E-state index contributed by atoms with van der Waals surface area (Å²) < 4.78 is 10.9. The van der Waals surface area contributed by atoms with Crippen molar-refractivity contribution >= 4 is 12.1 Å². The molecule has 1 aliphatic heterocycles. The summed E-state index contributed by atoms with van der Waals surface area (Å²) in [5.41, 5.74) is -1.34. The second-order valence-corrected chi connectivity index (χ2v) is 6.26. The highest BCUT2D eigenvalue weighted by Crippen LogP contribution is 2.31. The molecule has 0 aromatic rings. The molecule has 6 heteroatoms. The zero-order chi connectivity index (χ0) is 14.8. The Kier molecular flexibility index (Phi) is 4.45. The Morgan fingerprint density at radius 3 is 2.21 bits per heavy atom. The number of hydrogen-bond acceptors (Lipinski definition) is 4. The van der Waals surface area contributed by atoms with Crippen molar-refractivity contribution < 1.29 is 24.2 Å². The third kappa shape index (κ3) is 4.70. The van der Waals surface area contributed by atoms with E-state index >= 15 is 0 Å². The number of rotatable bonds is 4. The molecule has 0 aliphatic carbocycles. The molecule has 19 heavy (non-hydrogen) atoms. The van der Waals surface area contributed by atoms with Crippen molar-refractivity contribution in [1.29, 1.82) is 0 Å². The Morgan fingerprint density at radius 1 is 1.32 bits per heavy atom. The van der Waals surface area contributed by atoms with E-state index in [9.17, 15) is 9.59 Å². The lowest BCUT2D eigenvalue weighted by molar-refractivity contribution is -0.177. The van der Waals surface area contributed by atoms with E-state index in [0.717, 1.165) is 0 Å². The Bertz CT molecular complexity index is 353. The standard InChI is InChI=1S/C13H23NO5/c1-9(2)18-13(6-10(15)16)7-14(8-13)11(17)19-12(3,4)5/h9H,6-8H2,1-5H3,(H,15,16). The van der Waals surface area contributed by atoms with Crippen LogP contribution in [0.4, 0.5) is 4.79 Å². The monoisotopic (exact) mass is 273 g/mol. The van der Waals surface area contributed by atoms with E-state index in [2.05, 4.69) is 0 Å². The first kappa shape index (κ1) is 15.8. The molecule has 1 rings (SSSR count). The normalized spacial score (nSPS) is 18.1. The van der Waals surface area contributed by atoms with Gasteiger partial charge in [-0.25, -0.2) is 4.79 Å². The van der Waals surface area contributed by atoms with Crippen LogP contribution >= 0.6 is 0 Å². The average molecular weight is 273 g/mol. The van der Waals surface area contributed by atoms with E-state index in [1.165, 1.54) is 4.90 Å². The molecule has 0 unspecified atom stereocenters. The molecule has 1 fully saturated rings. The SMILES string of the molecule is CC(C)OC1(CC(=O)O)CN(C(=O)OC(C)(C)C)C1. The van der Waals surface area contributed by atoms with Gasteiger partial charge >= 0.3 is 12.1 Å². The minimum absolute atomic E-state index is 0.0832. The van der Waals surface area contributed by atoms with Crippen LogP contribution < -0.4 is 0 Å². The van der Waals surface area contributed by atoms with Crippen molar-refractivity contribution in [2.24, 2.45) is 0 Å². The molecule has 0 radical (unpaired) electrons. The van der Waals surface area contributed by atoms with Gasteiger partial charge in [0.15, 0.2) is 0 Å².